The molecule has 1 heterocycles. The van der Waals surface area contributed by atoms with Gasteiger partial charge in [0, 0.05) is 18.0 Å². The third-order valence-corrected chi connectivity index (χ3v) is 4.51. The van der Waals surface area contributed by atoms with Crippen molar-refractivity contribution in [2.45, 2.75) is 50.0 Å². The molecule has 3 nitrogen and oxygen atoms in total. The zero-order valence-electron chi connectivity index (χ0n) is 12.6. The molecular weight excluding hydrogens is 270 g/mol. The second kappa shape index (κ2) is 6.64. The Labute approximate surface area is 125 Å². The van der Waals surface area contributed by atoms with Gasteiger partial charge in [0.05, 0.1) is 17.5 Å². The Morgan fingerprint density at radius 3 is 2.35 bits per heavy atom. The lowest BCUT2D eigenvalue weighted by molar-refractivity contribution is -0.142. The molecule has 20 heavy (non-hydrogen) atoms. The van der Waals surface area contributed by atoms with Gasteiger partial charge in [-0.2, -0.15) is 0 Å². The Hall–Kier alpha value is -1.00. The number of hydrogen-bond acceptors (Lipinski definition) is 3. The van der Waals surface area contributed by atoms with Crippen LogP contribution in [0, 0.1) is 6.92 Å². The van der Waals surface area contributed by atoms with E-state index in [1.54, 1.807) is 11.8 Å². The highest BCUT2D eigenvalue weighted by Gasteiger charge is 2.28. The molecule has 110 valence electrons. The standard InChI is InChI=1S/C16H23NO2S/c1-11-5-7-15(8-6-11)20-14(4)16(18)17-9-12(2)19-13(3)10-17/h5-8,12-14H,9-10H2,1-4H3/t12-,13+,14?. The van der Waals surface area contributed by atoms with Gasteiger partial charge in [0.1, 0.15) is 0 Å². The Balaban J connectivity index is 1.96. The van der Waals surface area contributed by atoms with Crippen LogP contribution in [0.15, 0.2) is 29.2 Å². The van der Waals surface area contributed by atoms with Crippen molar-refractivity contribution in [1.29, 1.82) is 0 Å². The van der Waals surface area contributed by atoms with Gasteiger partial charge in [-0.05, 0) is 39.8 Å². The van der Waals surface area contributed by atoms with Crippen LogP contribution in [0.3, 0.4) is 0 Å². The van der Waals surface area contributed by atoms with Crippen molar-refractivity contribution in [2.24, 2.45) is 0 Å². The number of amides is 1. The van der Waals surface area contributed by atoms with Gasteiger partial charge in [0.15, 0.2) is 0 Å². The SMILES string of the molecule is Cc1ccc(SC(C)C(=O)N2C[C@@H](C)O[C@@H](C)C2)cc1. The van der Waals surface area contributed by atoms with Crippen molar-refractivity contribution in [3.05, 3.63) is 29.8 Å². The zero-order valence-corrected chi connectivity index (χ0v) is 13.4. The average molecular weight is 293 g/mol. The molecule has 0 radical (unpaired) electrons. The number of morpholine rings is 1. The minimum absolute atomic E-state index is 0.0600. The van der Waals surface area contributed by atoms with E-state index >= 15 is 0 Å². The highest BCUT2D eigenvalue weighted by molar-refractivity contribution is 8.00. The topological polar surface area (TPSA) is 29.5 Å². The van der Waals surface area contributed by atoms with Crippen LogP contribution in [-0.4, -0.2) is 41.4 Å². The summed E-state index contributed by atoms with van der Waals surface area (Å²) < 4.78 is 5.68. The van der Waals surface area contributed by atoms with Crippen LogP contribution in [-0.2, 0) is 9.53 Å². The minimum Gasteiger partial charge on any atom is -0.372 e. The molecule has 1 unspecified atom stereocenters. The normalized spacial score (nSPS) is 24.5. The van der Waals surface area contributed by atoms with Crippen LogP contribution >= 0.6 is 11.8 Å². The summed E-state index contributed by atoms with van der Waals surface area (Å²) in [7, 11) is 0. The third kappa shape index (κ3) is 4.00. The fraction of sp³-hybridized carbons (Fsp3) is 0.562. The van der Waals surface area contributed by atoms with E-state index in [2.05, 4.69) is 31.2 Å². The molecule has 3 atom stereocenters. The molecule has 1 amide bonds. The quantitative estimate of drug-likeness (QED) is 0.802. The van der Waals surface area contributed by atoms with Crippen LogP contribution < -0.4 is 0 Å². The monoisotopic (exact) mass is 293 g/mol. The average Bonchev–Trinajstić information content (AvgIpc) is 2.39. The van der Waals surface area contributed by atoms with Gasteiger partial charge >= 0.3 is 0 Å². The lowest BCUT2D eigenvalue weighted by Crippen LogP contribution is -2.50. The first-order valence-corrected chi connectivity index (χ1v) is 8.01. The van der Waals surface area contributed by atoms with E-state index in [9.17, 15) is 4.79 Å². The molecule has 1 fully saturated rings. The van der Waals surface area contributed by atoms with Gasteiger partial charge in [0.25, 0.3) is 0 Å². The molecule has 0 spiro atoms. The Kier molecular flexibility index (Phi) is 5.11. The van der Waals surface area contributed by atoms with Gasteiger partial charge in [-0.15, -0.1) is 11.8 Å². The molecule has 2 rings (SSSR count). The number of benzene rings is 1. The highest BCUT2D eigenvalue weighted by Crippen LogP contribution is 2.25. The summed E-state index contributed by atoms with van der Waals surface area (Å²) in [5, 5.41) is -0.0600. The van der Waals surface area contributed by atoms with Gasteiger partial charge in [0.2, 0.25) is 5.91 Å². The first kappa shape index (κ1) is 15.4. The van der Waals surface area contributed by atoms with Crippen LogP contribution in [0.2, 0.25) is 0 Å². The predicted octanol–water partition coefficient (Wildman–Crippen LogP) is 3.11. The highest BCUT2D eigenvalue weighted by atomic mass is 32.2. The summed E-state index contributed by atoms with van der Waals surface area (Å²) in [5.41, 5.74) is 1.24. The molecule has 0 aliphatic carbocycles. The molecule has 1 aromatic rings. The predicted molar refractivity (Wildman–Crippen MR) is 83.1 cm³/mol. The molecule has 0 bridgehead atoms. The van der Waals surface area contributed by atoms with E-state index in [-0.39, 0.29) is 23.4 Å². The molecule has 1 aromatic carbocycles. The number of nitrogens with zero attached hydrogens (tertiary/aromatic N) is 1. The second-order valence-electron chi connectivity index (χ2n) is 5.57. The minimum atomic E-state index is -0.0600. The fourth-order valence-electron chi connectivity index (χ4n) is 2.49. The summed E-state index contributed by atoms with van der Waals surface area (Å²) in [6, 6.07) is 8.32. The van der Waals surface area contributed by atoms with E-state index in [0.717, 1.165) is 4.90 Å². The maximum atomic E-state index is 12.5. The number of hydrogen-bond donors (Lipinski definition) is 0. The van der Waals surface area contributed by atoms with Crippen molar-refractivity contribution in [2.75, 3.05) is 13.1 Å². The Morgan fingerprint density at radius 2 is 1.80 bits per heavy atom. The van der Waals surface area contributed by atoms with Crippen LogP contribution in [0.5, 0.6) is 0 Å². The van der Waals surface area contributed by atoms with Crippen LogP contribution in [0.4, 0.5) is 0 Å². The molecule has 1 aliphatic rings. The van der Waals surface area contributed by atoms with Crippen LogP contribution in [0.25, 0.3) is 0 Å². The fourth-order valence-corrected chi connectivity index (χ4v) is 3.44. The second-order valence-corrected chi connectivity index (χ2v) is 6.99. The van der Waals surface area contributed by atoms with Gasteiger partial charge < -0.3 is 9.64 Å². The van der Waals surface area contributed by atoms with Crippen LogP contribution in [0.1, 0.15) is 26.3 Å². The first-order chi connectivity index (χ1) is 9.45. The molecule has 4 heteroatoms. The number of rotatable bonds is 3. The van der Waals surface area contributed by atoms with Crippen molar-refractivity contribution in [1.82, 2.24) is 4.90 Å². The number of carbonyl (C=O) groups excluding carboxylic acids is 1. The Morgan fingerprint density at radius 1 is 1.25 bits per heavy atom. The van der Waals surface area contributed by atoms with Crippen molar-refractivity contribution in [3.63, 3.8) is 0 Å². The number of thioether (sulfide) groups is 1. The van der Waals surface area contributed by atoms with E-state index in [0.29, 0.717) is 13.1 Å². The van der Waals surface area contributed by atoms with E-state index in [4.69, 9.17) is 4.74 Å². The summed E-state index contributed by atoms with van der Waals surface area (Å²) in [4.78, 5) is 15.6. The number of ether oxygens (including phenoxy) is 1. The number of aryl methyl sites for hydroxylation is 1. The maximum Gasteiger partial charge on any atom is 0.235 e. The van der Waals surface area contributed by atoms with Crippen molar-refractivity contribution >= 4 is 17.7 Å². The van der Waals surface area contributed by atoms with E-state index in [1.807, 2.05) is 25.7 Å². The van der Waals surface area contributed by atoms with Gasteiger partial charge in [-0.1, -0.05) is 17.7 Å². The largest absolute Gasteiger partial charge is 0.372 e. The lowest BCUT2D eigenvalue weighted by Gasteiger charge is -2.36. The summed E-state index contributed by atoms with van der Waals surface area (Å²) in [5.74, 6) is 0.206. The molecular formula is C16H23NO2S. The van der Waals surface area contributed by atoms with Gasteiger partial charge in [-0.25, -0.2) is 0 Å². The Bertz CT molecular complexity index is 450. The smallest absolute Gasteiger partial charge is 0.235 e. The summed E-state index contributed by atoms with van der Waals surface area (Å²) in [6.45, 7) is 9.49. The maximum absolute atomic E-state index is 12.5. The van der Waals surface area contributed by atoms with E-state index < -0.39 is 0 Å². The third-order valence-electron chi connectivity index (χ3n) is 3.41. The zero-order chi connectivity index (χ0) is 14.7. The summed E-state index contributed by atoms with van der Waals surface area (Å²) in [6.07, 6.45) is 0.249. The number of carbonyl (C=O) groups is 1. The molecule has 1 saturated heterocycles. The molecule has 0 aromatic heterocycles. The van der Waals surface area contributed by atoms with E-state index in [1.165, 1.54) is 5.56 Å². The van der Waals surface area contributed by atoms with Crippen molar-refractivity contribution in [3.8, 4) is 0 Å². The lowest BCUT2D eigenvalue weighted by atomic mass is 10.2. The molecule has 1 aliphatic heterocycles. The first-order valence-electron chi connectivity index (χ1n) is 7.13. The molecule has 0 saturated carbocycles. The van der Waals surface area contributed by atoms with Gasteiger partial charge in [-0.3, -0.25) is 4.79 Å². The van der Waals surface area contributed by atoms with Crippen molar-refractivity contribution < 1.29 is 9.53 Å². The summed E-state index contributed by atoms with van der Waals surface area (Å²) >= 11 is 1.62. The molecule has 0 N–H and O–H groups in total.